The van der Waals surface area contributed by atoms with Gasteiger partial charge in [-0.2, -0.15) is 5.10 Å². The Morgan fingerprint density at radius 1 is 1.14 bits per heavy atom. The average Bonchev–Trinajstić information content (AvgIpc) is 3.35. The van der Waals surface area contributed by atoms with E-state index in [9.17, 15) is 4.79 Å². The number of pyridine rings is 1. The van der Waals surface area contributed by atoms with Crippen LogP contribution < -0.4 is 14.8 Å². The SMILES string of the molecule is Cn1cc(-c2ccc(C(=O)Cc3ccc(OCc4ccccn4)c(Cl)c3)c(O[C@@H]3CCCNC3)c2)cn1. The van der Waals surface area contributed by atoms with Crippen molar-refractivity contribution in [3.05, 3.63) is 95.0 Å². The zero-order chi connectivity index (χ0) is 25.6. The summed E-state index contributed by atoms with van der Waals surface area (Å²) in [6.07, 6.45) is 7.70. The third-order valence-corrected chi connectivity index (χ3v) is 6.62. The van der Waals surface area contributed by atoms with Crippen LogP contribution in [0.15, 0.2) is 73.2 Å². The number of halogens is 1. The predicted octanol–water partition coefficient (Wildman–Crippen LogP) is 5.27. The van der Waals surface area contributed by atoms with E-state index in [2.05, 4.69) is 15.4 Å². The summed E-state index contributed by atoms with van der Waals surface area (Å²) in [5, 5.41) is 8.10. The molecule has 37 heavy (non-hydrogen) atoms. The number of ether oxygens (including phenoxy) is 2. The summed E-state index contributed by atoms with van der Waals surface area (Å²) in [4.78, 5) is 17.7. The predicted molar refractivity (Wildman–Crippen MR) is 143 cm³/mol. The second-order valence-electron chi connectivity index (χ2n) is 9.17. The van der Waals surface area contributed by atoms with Crippen molar-refractivity contribution >= 4 is 17.4 Å². The van der Waals surface area contributed by atoms with Crippen LogP contribution in [0.5, 0.6) is 11.5 Å². The minimum atomic E-state index is -0.0327. The van der Waals surface area contributed by atoms with E-state index in [1.807, 2.05) is 61.9 Å². The van der Waals surface area contributed by atoms with Crippen molar-refractivity contribution in [1.29, 1.82) is 0 Å². The largest absolute Gasteiger partial charge is 0.488 e. The minimum Gasteiger partial charge on any atom is -0.488 e. The molecule has 1 aliphatic rings. The van der Waals surface area contributed by atoms with Gasteiger partial charge in [-0.05, 0) is 66.9 Å². The molecule has 5 rings (SSSR count). The van der Waals surface area contributed by atoms with Crippen LogP contribution >= 0.6 is 11.6 Å². The number of rotatable bonds is 9. The number of Topliss-reactive ketones (excluding diaryl/α,β-unsaturated/α-hetero) is 1. The van der Waals surface area contributed by atoms with E-state index in [1.54, 1.807) is 23.0 Å². The molecule has 2 aromatic carbocycles. The second-order valence-corrected chi connectivity index (χ2v) is 9.58. The first-order valence-corrected chi connectivity index (χ1v) is 12.8. The molecule has 1 aliphatic heterocycles. The van der Waals surface area contributed by atoms with Gasteiger partial charge in [-0.3, -0.25) is 14.5 Å². The molecule has 190 valence electrons. The fourth-order valence-electron chi connectivity index (χ4n) is 4.39. The number of carbonyl (C=O) groups excluding carboxylic acids is 1. The van der Waals surface area contributed by atoms with E-state index in [0.717, 1.165) is 48.3 Å². The number of ketones is 1. The zero-order valence-corrected chi connectivity index (χ0v) is 21.4. The molecule has 0 unspecified atom stereocenters. The third-order valence-electron chi connectivity index (χ3n) is 6.33. The summed E-state index contributed by atoms with van der Waals surface area (Å²) in [7, 11) is 1.88. The number of hydrogen-bond donors (Lipinski definition) is 1. The van der Waals surface area contributed by atoms with Gasteiger partial charge in [-0.1, -0.05) is 29.8 Å². The van der Waals surface area contributed by atoms with Crippen molar-refractivity contribution in [1.82, 2.24) is 20.1 Å². The highest BCUT2D eigenvalue weighted by Gasteiger charge is 2.20. The molecule has 0 bridgehead atoms. The molecule has 3 heterocycles. The summed E-state index contributed by atoms with van der Waals surface area (Å²) in [5.41, 5.74) is 4.11. The lowest BCUT2D eigenvalue weighted by atomic mass is 9.99. The monoisotopic (exact) mass is 516 g/mol. The molecule has 8 heteroatoms. The van der Waals surface area contributed by atoms with Gasteiger partial charge in [-0.25, -0.2) is 0 Å². The highest BCUT2D eigenvalue weighted by Crippen LogP contribution is 2.31. The molecule has 0 aliphatic carbocycles. The lowest BCUT2D eigenvalue weighted by molar-refractivity contribution is 0.0982. The van der Waals surface area contributed by atoms with Crippen molar-refractivity contribution in [3.63, 3.8) is 0 Å². The molecule has 0 radical (unpaired) electrons. The lowest BCUT2D eigenvalue weighted by Crippen LogP contribution is -2.37. The molecule has 7 nitrogen and oxygen atoms in total. The van der Waals surface area contributed by atoms with Gasteiger partial charge in [0.25, 0.3) is 0 Å². The van der Waals surface area contributed by atoms with Crippen molar-refractivity contribution in [2.24, 2.45) is 7.05 Å². The van der Waals surface area contributed by atoms with Crippen molar-refractivity contribution in [2.75, 3.05) is 13.1 Å². The maximum atomic E-state index is 13.4. The quantitative estimate of drug-likeness (QED) is 0.305. The van der Waals surface area contributed by atoms with E-state index in [4.69, 9.17) is 21.1 Å². The summed E-state index contributed by atoms with van der Waals surface area (Å²) in [5.74, 6) is 1.12. The number of aryl methyl sites for hydroxylation is 1. The summed E-state index contributed by atoms with van der Waals surface area (Å²) in [6, 6.07) is 16.8. The molecular formula is C29H29ClN4O3. The Morgan fingerprint density at radius 2 is 2.05 bits per heavy atom. The van der Waals surface area contributed by atoms with Gasteiger partial charge < -0.3 is 14.8 Å². The Morgan fingerprint density at radius 3 is 2.78 bits per heavy atom. The number of nitrogens with zero attached hydrogens (tertiary/aromatic N) is 3. The van der Waals surface area contributed by atoms with E-state index >= 15 is 0 Å². The Bertz CT molecular complexity index is 1370. The van der Waals surface area contributed by atoms with Gasteiger partial charge in [0.2, 0.25) is 0 Å². The molecule has 1 atom stereocenters. The van der Waals surface area contributed by atoms with Crippen molar-refractivity contribution in [3.8, 4) is 22.6 Å². The Balaban J connectivity index is 1.33. The van der Waals surface area contributed by atoms with Crippen LogP contribution in [-0.4, -0.2) is 39.7 Å². The summed E-state index contributed by atoms with van der Waals surface area (Å²) in [6.45, 7) is 2.07. The Kier molecular flexibility index (Phi) is 7.82. The number of benzene rings is 2. The number of carbonyl (C=O) groups is 1. The van der Waals surface area contributed by atoms with Crippen molar-refractivity contribution in [2.45, 2.75) is 32.0 Å². The van der Waals surface area contributed by atoms with Crippen LogP contribution in [0.3, 0.4) is 0 Å². The molecule has 1 N–H and O–H groups in total. The molecule has 1 fully saturated rings. The van der Waals surface area contributed by atoms with E-state index in [1.165, 1.54) is 0 Å². The standard InChI is InChI=1S/C29H29ClN4O3/c1-34-18-22(16-33-34)21-8-9-25(29(15-21)37-24-6-4-11-31-17-24)27(35)14-20-7-10-28(26(30)13-20)36-19-23-5-2-3-12-32-23/h2-3,5,7-10,12-13,15-16,18,24,31H,4,6,11,14,17,19H2,1H3/t24-/m1/s1. The number of piperidine rings is 1. The zero-order valence-electron chi connectivity index (χ0n) is 20.7. The van der Waals surface area contributed by atoms with Crippen LogP contribution in [0.2, 0.25) is 5.02 Å². The Labute approximate surface area is 221 Å². The van der Waals surface area contributed by atoms with Crippen LogP contribution in [0, 0.1) is 0 Å². The maximum Gasteiger partial charge on any atom is 0.170 e. The molecule has 2 aromatic heterocycles. The molecule has 0 spiro atoms. The molecular weight excluding hydrogens is 488 g/mol. The van der Waals surface area contributed by atoms with Gasteiger partial charge in [-0.15, -0.1) is 0 Å². The van der Waals surface area contributed by atoms with E-state index in [-0.39, 0.29) is 18.3 Å². The maximum absolute atomic E-state index is 13.4. The van der Waals surface area contributed by atoms with Gasteiger partial charge in [0.05, 0.1) is 22.5 Å². The average molecular weight is 517 g/mol. The first-order valence-electron chi connectivity index (χ1n) is 12.4. The summed E-state index contributed by atoms with van der Waals surface area (Å²) < 4.78 is 13.9. The first kappa shape index (κ1) is 25.0. The van der Waals surface area contributed by atoms with Crippen molar-refractivity contribution < 1.29 is 14.3 Å². The highest BCUT2D eigenvalue weighted by atomic mass is 35.5. The number of nitrogens with one attached hydrogen (secondary N) is 1. The molecule has 4 aromatic rings. The van der Waals surface area contributed by atoms with Gasteiger partial charge in [0, 0.05) is 38.0 Å². The molecule has 0 amide bonds. The topological polar surface area (TPSA) is 78.3 Å². The number of hydrogen-bond acceptors (Lipinski definition) is 6. The fourth-order valence-corrected chi connectivity index (χ4v) is 4.64. The lowest BCUT2D eigenvalue weighted by Gasteiger charge is -2.25. The van der Waals surface area contributed by atoms with Crippen LogP contribution in [-0.2, 0) is 20.1 Å². The second kappa shape index (κ2) is 11.6. The normalized spacial score (nSPS) is 15.4. The molecule has 1 saturated heterocycles. The van der Waals surface area contributed by atoms with Crippen LogP contribution in [0.1, 0.15) is 34.5 Å². The highest BCUT2D eigenvalue weighted by molar-refractivity contribution is 6.32. The van der Waals surface area contributed by atoms with Gasteiger partial charge in [0.15, 0.2) is 5.78 Å². The first-order chi connectivity index (χ1) is 18.0. The minimum absolute atomic E-state index is 0.0226. The van der Waals surface area contributed by atoms with Crippen LogP contribution in [0.25, 0.3) is 11.1 Å². The fraction of sp³-hybridized carbons (Fsp3) is 0.276. The summed E-state index contributed by atoms with van der Waals surface area (Å²) >= 11 is 6.48. The smallest absolute Gasteiger partial charge is 0.170 e. The van der Waals surface area contributed by atoms with Crippen LogP contribution in [0.4, 0.5) is 0 Å². The van der Waals surface area contributed by atoms with Gasteiger partial charge in [0.1, 0.15) is 24.2 Å². The number of aromatic nitrogens is 3. The van der Waals surface area contributed by atoms with E-state index in [0.29, 0.717) is 28.7 Å². The van der Waals surface area contributed by atoms with E-state index < -0.39 is 0 Å². The molecule has 0 saturated carbocycles. The Hall–Kier alpha value is -3.68. The third kappa shape index (κ3) is 6.37. The van der Waals surface area contributed by atoms with Gasteiger partial charge >= 0.3 is 0 Å².